The highest BCUT2D eigenvalue weighted by Gasteiger charge is 2.01. The molecule has 68 valence electrons. The van der Waals surface area contributed by atoms with Crippen LogP contribution in [0.4, 0.5) is 5.69 Å². The average Bonchev–Trinajstić information content (AvgIpc) is 2.09. The van der Waals surface area contributed by atoms with Gasteiger partial charge in [-0.2, -0.15) is 0 Å². The van der Waals surface area contributed by atoms with E-state index in [1.165, 1.54) is 0 Å². The predicted molar refractivity (Wildman–Crippen MR) is 55.7 cm³/mol. The van der Waals surface area contributed by atoms with Gasteiger partial charge in [0.1, 0.15) is 0 Å². The van der Waals surface area contributed by atoms with Gasteiger partial charge in [0.2, 0.25) is 0 Å². The number of nitrogens with zero attached hydrogens (tertiary/aromatic N) is 3. The summed E-state index contributed by atoms with van der Waals surface area (Å²) in [7, 11) is 0. The van der Waals surface area contributed by atoms with Crippen molar-refractivity contribution < 1.29 is 0 Å². The van der Waals surface area contributed by atoms with E-state index < -0.39 is 0 Å². The minimum Gasteiger partial charge on any atom is -0.398 e. The second-order valence-corrected chi connectivity index (χ2v) is 3.22. The van der Waals surface area contributed by atoms with E-state index in [4.69, 9.17) is 11.3 Å². The van der Waals surface area contributed by atoms with Gasteiger partial charge in [0.15, 0.2) is 0 Å². The summed E-state index contributed by atoms with van der Waals surface area (Å²) in [6.45, 7) is 2.21. The Morgan fingerprint density at radius 2 is 2.31 bits per heavy atom. The largest absolute Gasteiger partial charge is 0.398 e. The van der Waals surface area contributed by atoms with Gasteiger partial charge in [0.25, 0.3) is 0 Å². The van der Waals surface area contributed by atoms with Crippen LogP contribution in [0.25, 0.3) is 10.4 Å². The number of hydrogen-bond donors (Lipinski definition) is 2. The summed E-state index contributed by atoms with van der Waals surface area (Å²) in [5.41, 5.74) is 16.4. The quantitative estimate of drug-likeness (QED) is 0.245. The molecule has 0 spiro atoms. The first-order valence-corrected chi connectivity index (χ1v) is 4.18. The zero-order valence-corrected chi connectivity index (χ0v) is 8.12. The molecule has 0 aromatic heterocycles. The van der Waals surface area contributed by atoms with Crippen molar-refractivity contribution in [1.82, 2.24) is 0 Å². The summed E-state index contributed by atoms with van der Waals surface area (Å²) in [5, 5.41) is 3.48. The van der Waals surface area contributed by atoms with Gasteiger partial charge in [-0.15, -0.1) is 12.6 Å². The lowest BCUT2D eigenvalue weighted by molar-refractivity contribution is 1.02. The number of azide groups is 1. The van der Waals surface area contributed by atoms with Crippen LogP contribution in [0.15, 0.2) is 22.1 Å². The highest BCUT2D eigenvalue weighted by Crippen LogP contribution is 2.21. The molecule has 0 aliphatic heterocycles. The lowest BCUT2D eigenvalue weighted by Crippen LogP contribution is -1.95. The Bertz CT molecular complexity index is 369. The van der Waals surface area contributed by atoms with Gasteiger partial charge in [-0.1, -0.05) is 5.11 Å². The fourth-order valence-electron chi connectivity index (χ4n) is 1.05. The third-order valence-electron chi connectivity index (χ3n) is 1.84. The van der Waals surface area contributed by atoms with Crippen molar-refractivity contribution in [3.63, 3.8) is 0 Å². The number of rotatable bonds is 2. The Balaban J connectivity index is 3.12. The summed E-state index contributed by atoms with van der Waals surface area (Å²) < 4.78 is 0. The van der Waals surface area contributed by atoms with E-state index >= 15 is 0 Å². The summed E-state index contributed by atoms with van der Waals surface area (Å²) >= 11 is 4.18. The van der Waals surface area contributed by atoms with Gasteiger partial charge in [-0.05, 0) is 35.7 Å². The Morgan fingerprint density at radius 1 is 1.62 bits per heavy atom. The molecular formula is C8H10N4S. The smallest absolute Gasteiger partial charge is 0.0514 e. The maximum absolute atomic E-state index is 8.17. The molecular weight excluding hydrogens is 184 g/mol. The van der Waals surface area contributed by atoms with Crippen LogP contribution >= 0.6 is 12.6 Å². The lowest BCUT2D eigenvalue weighted by atomic mass is 10.1. The van der Waals surface area contributed by atoms with Gasteiger partial charge in [0, 0.05) is 15.5 Å². The molecule has 1 aromatic carbocycles. The summed E-state index contributed by atoms with van der Waals surface area (Å²) in [6.07, 6.45) is 0. The number of nitrogens with two attached hydrogens (primary N) is 1. The van der Waals surface area contributed by atoms with Crippen molar-refractivity contribution >= 4 is 18.3 Å². The Labute approximate surface area is 81.8 Å². The fourth-order valence-corrected chi connectivity index (χ4v) is 1.35. The summed E-state index contributed by atoms with van der Waals surface area (Å²) in [5.74, 6) is 0. The van der Waals surface area contributed by atoms with Crippen LogP contribution in [-0.4, -0.2) is 0 Å². The van der Waals surface area contributed by atoms with E-state index in [2.05, 4.69) is 22.7 Å². The maximum atomic E-state index is 8.17. The molecule has 2 N–H and O–H groups in total. The Morgan fingerprint density at radius 3 is 2.92 bits per heavy atom. The van der Waals surface area contributed by atoms with Crippen molar-refractivity contribution in [3.8, 4) is 0 Å². The minimum absolute atomic E-state index is 0.320. The number of hydrogen-bond acceptors (Lipinski definition) is 3. The first-order chi connectivity index (χ1) is 6.15. The molecule has 0 amide bonds. The van der Waals surface area contributed by atoms with Crippen LogP contribution in [-0.2, 0) is 6.54 Å². The molecule has 0 unspecified atom stereocenters. The van der Waals surface area contributed by atoms with Gasteiger partial charge >= 0.3 is 0 Å². The van der Waals surface area contributed by atoms with Crippen LogP contribution < -0.4 is 5.73 Å². The third-order valence-corrected chi connectivity index (χ3v) is 2.10. The lowest BCUT2D eigenvalue weighted by Gasteiger charge is -2.06. The van der Waals surface area contributed by atoms with E-state index in [0.717, 1.165) is 16.0 Å². The van der Waals surface area contributed by atoms with E-state index in [0.29, 0.717) is 12.2 Å². The van der Waals surface area contributed by atoms with E-state index in [1.54, 1.807) is 6.07 Å². The van der Waals surface area contributed by atoms with Crippen LogP contribution in [0, 0.1) is 6.92 Å². The molecule has 0 radical (unpaired) electrons. The Kier molecular flexibility index (Phi) is 3.06. The van der Waals surface area contributed by atoms with Crippen LogP contribution in [0.5, 0.6) is 0 Å². The van der Waals surface area contributed by atoms with E-state index in [-0.39, 0.29) is 0 Å². The molecule has 0 heterocycles. The molecule has 0 atom stereocenters. The third kappa shape index (κ3) is 2.31. The molecule has 0 aliphatic rings. The van der Waals surface area contributed by atoms with Crippen LogP contribution in [0.2, 0.25) is 0 Å². The first-order valence-electron chi connectivity index (χ1n) is 3.74. The molecule has 0 saturated heterocycles. The topological polar surface area (TPSA) is 74.8 Å². The Hall–Kier alpha value is -1.32. The molecule has 5 heteroatoms. The molecule has 0 fully saturated rings. The average molecular weight is 194 g/mol. The minimum atomic E-state index is 0.320. The highest BCUT2D eigenvalue weighted by molar-refractivity contribution is 7.80. The van der Waals surface area contributed by atoms with E-state index in [9.17, 15) is 0 Å². The van der Waals surface area contributed by atoms with Gasteiger partial charge in [-0.25, -0.2) is 0 Å². The predicted octanol–water partition coefficient (Wildman–Crippen LogP) is 2.68. The maximum Gasteiger partial charge on any atom is 0.0514 e. The molecule has 0 aliphatic carbocycles. The van der Waals surface area contributed by atoms with Crippen molar-refractivity contribution in [1.29, 1.82) is 0 Å². The summed E-state index contributed by atoms with van der Waals surface area (Å²) in [4.78, 5) is 3.47. The molecule has 0 bridgehead atoms. The molecule has 0 saturated carbocycles. The fraction of sp³-hybridized carbons (Fsp3) is 0.250. The zero-order valence-electron chi connectivity index (χ0n) is 7.23. The van der Waals surface area contributed by atoms with Gasteiger partial charge in [-0.3, -0.25) is 0 Å². The van der Waals surface area contributed by atoms with Crippen LogP contribution in [0.1, 0.15) is 11.1 Å². The zero-order chi connectivity index (χ0) is 9.84. The number of benzene rings is 1. The second kappa shape index (κ2) is 4.07. The molecule has 4 nitrogen and oxygen atoms in total. The van der Waals surface area contributed by atoms with E-state index in [1.807, 2.05) is 13.0 Å². The number of nitrogen functional groups attached to an aromatic ring is 1. The molecule has 1 aromatic rings. The van der Waals surface area contributed by atoms with Crippen LogP contribution in [0.3, 0.4) is 0 Å². The second-order valence-electron chi connectivity index (χ2n) is 2.71. The molecule has 1 rings (SSSR count). The highest BCUT2D eigenvalue weighted by atomic mass is 32.1. The number of thiol groups is 1. The first kappa shape index (κ1) is 9.77. The van der Waals surface area contributed by atoms with Crippen molar-refractivity contribution in [3.05, 3.63) is 33.7 Å². The normalized spacial score (nSPS) is 9.38. The molecule has 13 heavy (non-hydrogen) atoms. The summed E-state index contributed by atoms with van der Waals surface area (Å²) in [6, 6.07) is 3.63. The van der Waals surface area contributed by atoms with Crippen molar-refractivity contribution in [2.75, 3.05) is 5.73 Å². The van der Waals surface area contributed by atoms with Gasteiger partial charge in [0.05, 0.1) is 6.54 Å². The number of anilines is 1. The van der Waals surface area contributed by atoms with Gasteiger partial charge < -0.3 is 5.73 Å². The SMILES string of the molecule is Cc1c(N)cc(S)cc1CN=[N+]=[N-]. The van der Waals surface area contributed by atoms with Crippen molar-refractivity contribution in [2.45, 2.75) is 18.4 Å². The standard InChI is InChI=1S/C8H10N4S/c1-5-6(4-11-12-10)2-7(13)3-8(5)9/h2-3,13H,4,9H2,1H3. The monoisotopic (exact) mass is 194 g/mol. The van der Waals surface area contributed by atoms with Crippen molar-refractivity contribution in [2.24, 2.45) is 5.11 Å².